The standard InChI is InChI=1S/C14H17FN2O2/c1-3-8-16-13(18)14(2)9-12(17-19-14)10-6-4-5-7-11(10)15/h4-7H,3,8-9H2,1-2H3,(H,16,18). The molecule has 1 heterocycles. The fourth-order valence-electron chi connectivity index (χ4n) is 1.93. The van der Waals surface area contributed by atoms with Gasteiger partial charge in [-0.3, -0.25) is 4.79 Å². The summed E-state index contributed by atoms with van der Waals surface area (Å²) in [5, 5.41) is 6.64. The minimum atomic E-state index is -1.05. The van der Waals surface area contributed by atoms with Gasteiger partial charge in [-0.15, -0.1) is 0 Å². The van der Waals surface area contributed by atoms with E-state index < -0.39 is 5.60 Å². The van der Waals surface area contributed by atoms with E-state index in [1.807, 2.05) is 6.92 Å². The largest absolute Gasteiger partial charge is 0.379 e. The van der Waals surface area contributed by atoms with Crippen molar-refractivity contribution in [1.82, 2.24) is 5.32 Å². The predicted molar refractivity (Wildman–Crippen MR) is 70.3 cm³/mol. The van der Waals surface area contributed by atoms with Crippen molar-refractivity contribution in [2.75, 3.05) is 6.54 Å². The Morgan fingerprint density at radius 3 is 2.95 bits per heavy atom. The molecule has 1 amide bonds. The fourth-order valence-corrected chi connectivity index (χ4v) is 1.93. The zero-order chi connectivity index (χ0) is 13.9. The number of rotatable bonds is 4. The summed E-state index contributed by atoms with van der Waals surface area (Å²) in [5.41, 5.74) is -0.200. The fraction of sp³-hybridized carbons (Fsp3) is 0.429. The Morgan fingerprint density at radius 1 is 1.53 bits per heavy atom. The number of amides is 1. The Bertz CT molecular complexity index is 516. The molecular formula is C14H17FN2O2. The zero-order valence-corrected chi connectivity index (χ0v) is 11.1. The van der Waals surface area contributed by atoms with Gasteiger partial charge in [0.05, 0.1) is 5.71 Å². The molecule has 1 aliphatic rings. The second-order valence-corrected chi connectivity index (χ2v) is 4.77. The van der Waals surface area contributed by atoms with Gasteiger partial charge in [0, 0.05) is 18.5 Å². The van der Waals surface area contributed by atoms with E-state index >= 15 is 0 Å². The molecule has 2 rings (SSSR count). The van der Waals surface area contributed by atoms with Crippen molar-refractivity contribution in [3.05, 3.63) is 35.6 Å². The molecule has 4 nitrogen and oxygen atoms in total. The molecule has 5 heteroatoms. The van der Waals surface area contributed by atoms with Crippen LogP contribution in [0.15, 0.2) is 29.4 Å². The average Bonchev–Trinajstić information content (AvgIpc) is 2.80. The van der Waals surface area contributed by atoms with Gasteiger partial charge < -0.3 is 10.2 Å². The summed E-state index contributed by atoms with van der Waals surface area (Å²) in [6, 6.07) is 6.34. The van der Waals surface area contributed by atoms with E-state index in [4.69, 9.17) is 4.84 Å². The lowest BCUT2D eigenvalue weighted by molar-refractivity contribution is -0.141. The number of oxime groups is 1. The van der Waals surface area contributed by atoms with E-state index in [1.165, 1.54) is 6.07 Å². The summed E-state index contributed by atoms with van der Waals surface area (Å²) in [6.45, 7) is 4.22. The predicted octanol–water partition coefficient (Wildman–Crippen LogP) is 2.24. The lowest BCUT2D eigenvalue weighted by Crippen LogP contribution is -2.45. The first kappa shape index (κ1) is 13.5. The number of halogens is 1. The quantitative estimate of drug-likeness (QED) is 0.906. The van der Waals surface area contributed by atoms with Crippen molar-refractivity contribution in [3.8, 4) is 0 Å². The third-order valence-electron chi connectivity index (χ3n) is 3.06. The Kier molecular flexibility index (Phi) is 3.83. The first-order valence-electron chi connectivity index (χ1n) is 6.35. The van der Waals surface area contributed by atoms with Crippen LogP contribution in [0.3, 0.4) is 0 Å². The Labute approximate surface area is 111 Å². The third-order valence-corrected chi connectivity index (χ3v) is 3.06. The summed E-state index contributed by atoms with van der Waals surface area (Å²) >= 11 is 0. The van der Waals surface area contributed by atoms with Gasteiger partial charge in [-0.25, -0.2) is 4.39 Å². The van der Waals surface area contributed by atoms with Gasteiger partial charge >= 0.3 is 0 Å². The van der Waals surface area contributed by atoms with Crippen molar-refractivity contribution >= 4 is 11.6 Å². The molecule has 0 saturated carbocycles. The van der Waals surface area contributed by atoms with Crippen LogP contribution < -0.4 is 5.32 Å². The van der Waals surface area contributed by atoms with E-state index in [0.717, 1.165) is 6.42 Å². The molecule has 102 valence electrons. The molecule has 1 N–H and O–H groups in total. The maximum absolute atomic E-state index is 13.7. The number of carbonyl (C=O) groups excluding carboxylic acids is 1. The highest BCUT2D eigenvalue weighted by molar-refractivity contribution is 6.05. The molecule has 0 bridgehead atoms. The van der Waals surface area contributed by atoms with Gasteiger partial charge in [-0.1, -0.05) is 30.3 Å². The highest BCUT2D eigenvalue weighted by Gasteiger charge is 2.42. The van der Waals surface area contributed by atoms with Crippen LogP contribution in [0.2, 0.25) is 0 Å². The van der Waals surface area contributed by atoms with Crippen molar-refractivity contribution in [2.24, 2.45) is 5.16 Å². The van der Waals surface area contributed by atoms with Crippen LogP contribution >= 0.6 is 0 Å². The van der Waals surface area contributed by atoms with Crippen LogP contribution in [0, 0.1) is 5.82 Å². The summed E-state index contributed by atoms with van der Waals surface area (Å²) in [6.07, 6.45) is 1.12. The van der Waals surface area contributed by atoms with E-state index in [-0.39, 0.29) is 18.1 Å². The molecule has 0 aromatic heterocycles. The molecule has 0 aliphatic carbocycles. The molecule has 1 aromatic carbocycles. The van der Waals surface area contributed by atoms with E-state index in [9.17, 15) is 9.18 Å². The van der Waals surface area contributed by atoms with Gasteiger partial charge in [-0.2, -0.15) is 0 Å². The number of benzene rings is 1. The van der Waals surface area contributed by atoms with E-state index in [1.54, 1.807) is 25.1 Å². The van der Waals surface area contributed by atoms with Crippen LogP contribution in [0.5, 0.6) is 0 Å². The Hall–Kier alpha value is -1.91. The van der Waals surface area contributed by atoms with Crippen molar-refractivity contribution in [3.63, 3.8) is 0 Å². The number of carbonyl (C=O) groups is 1. The van der Waals surface area contributed by atoms with Crippen molar-refractivity contribution in [2.45, 2.75) is 32.3 Å². The summed E-state index contributed by atoms with van der Waals surface area (Å²) in [7, 11) is 0. The van der Waals surface area contributed by atoms with E-state index in [2.05, 4.69) is 10.5 Å². The molecule has 1 unspecified atom stereocenters. The summed E-state index contributed by atoms with van der Waals surface area (Å²) < 4.78 is 13.7. The van der Waals surface area contributed by atoms with Gasteiger partial charge in [0.25, 0.3) is 5.91 Å². The monoisotopic (exact) mass is 264 g/mol. The normalized spacial score (nSPS) is 21.7. The van der Waals surface area contributed by atoms with Crippen molar-refractivity contribution in [1.29, 1.82) is 0 Å². The van der Waals surface area contributed by atoms with Crippen LogP contribution in [0.1, 0.15) is 32.3 Å². The summed E-state index contributed by atoms with van der Waals surface area (Å²) in [5.74, 6) is -0.576. The van der Waals surface area contributed by atoms with Crippen molar-refractivity contribution < 1.29 is 14.0 Å². The molecule has 0 fully saturated rings. The van der Waals surface area contributed by atoms with Crippen LogP contribution in [0.25, 0.3) is 0 Å². The van der Waals surface area contributed by atoms with Crippen LogP contribution in [0.4, 0.5) is 4.39 Å². The van der Waals surface area contributed by atoms with Gasteiger partial charge in [0.15, 0.2) is 0 Å². The topological polar surface area (TPSA) is 50.7 Å². The minimum Gasteiger partial charge on any atom is -0.379 e. The molecule has 1 atom stereocenters. The molecule has 1 aliphatic heterocycles. The number of nitrogens with zero attached hydrogens (tertiary/aromatic N) is 1. The number of nitrogens with one attached hydrogen (secondary N) is 1. The smallest absolute Gasteiger partial charge is 0.267 e. The molecule has 0 saturated heterocycles. The first-order chi connectivity index (χ1) is 9.07. The number of hydrogen-bond donors (Lipinski definition) is 1. The van der Waals surface area contributed by atoms with E-state index in [0.29, 0.717) is 17.8 Å². The molecule has 1 aromatic rings. The molecule has 19 heavy (non-hydrogen) atoms. The molecular weight excluding hydrogens is 247 g/mol. The zero-order valence-electron chi connectivity index (χ0n) is 11.1. The summed E-state index contributed by atoms with van der Waals surface area (Å²) in [4.78, 5) is 17.2. The Morgan fingerprint density at radius 2 is 2.26 bits per heavy atom. The maximum Gasteiger partial charge on any atom is 0.267 e. The molecule has 0 radical (unpaired) electrons. The molecule has 0 spiro atoms. The van der Waals surface area contributed by atoms with Gasteiger partial charge in [0.2, 0.25) is 5.60 Å². The second kappa shape index (κ2) is 5.38. The maximum atomic E-state index is 13.7. The second-order valence-electron chi connectivity index (χ2n) is 4.77. The lowest BCUT2D eigenvalue weighted by atomic mass is 9.95. The Balaban J connectivity index is 2.10. The SMILES string of the molecule is CCCNC(=O)C1(C)CC(c2ccccc2F)=NO1. The van der Waals surface area contributed by atoms with Gasteiger partial charge in [-0.05, 0) is 19.4 Å². The highest BCUT2D eigenvalue weighted by Crippen LogP contribution is 2.27. The highest BCUT2D eigenvalue weighted by atomic mass is 19.1. The number of hydrogen-bond acceptors (Lipinski definition) is 3. The van der Waals surface area contributed by atoms with Crippen LogP contribution in [-0.2, 0) is 9.63 Å². The average molecular weight is 264 g/mol. The van der Waals surface area contributed by atoms with Crippen LogP contribution in [-0.4, -0.2) is 23.8 Å². The lowest BCUT2D eigenvalue weighted by Gasteiger charge is -2.20. The minimum absolute atomic E-state index is 0.218. The van der Waals surface area contributed by atoms with Gasteiger partial charge in [0.1, 0.15) is 5.82 Å². The third kappa shape index (κ3) is 2.75. The first-order valence-corrected chi connectivity index (χ1v) is 6.35.